The van der Waals surface area contributed by atoms with E-state index in [2.05, 4.69) is 15.1 Å². The molecule has 0 aliphatic rings. The van der Waals surface area contributed by atoms with Crippen molar-refractivity contribution in [3.63, 3.8) is 0 Å². The summed E-state index contributed by atoms with van der Waals surface area (Å²) >= 11 is 1.44. The highest BCUT2D eigenvalue weighted by molar-refractivity contribution is 7.13. The lowest BCUT2D eigenvalue weighted by Gasteiger charge is -1.93. The number of thiazole rings is 1. The third kappa shape index (κ3) is 1.90. The van der Waals surface area contributed by atoms with Gasteiger partial charge in [0.1, 0.15) is 5.75 Å². The van der Waals surface area contributed by atoms with Crippen molar-refractivity contribution >= 4 is 11.3 Å². The second-order valence-electron chi connectivity index (χ2n) is 3.34. The summed E-state index contributed by atoms with van der Waals surface area (Å²) in [6.07, 6.45) is 1.68. The molecule has 5 nitrogen and oxygen atoms in total. The van der Waals surface area contributed by atoms with E-state index in [-0.39, 0.29) is 5.75 Å². The van der Waals surface area contributed by atoms with Crippen molar-refractivity contribution in [3.8, 4) is 27.9 Å². The summed E-state index contributed by atoms with van der Waals surface area (Å²) in [6.45, 7) is 0. The number of phenols is 1. The van der Waals surface area contributed by atoms with Crippen LogP contribution in [0.2, 0.25) is 0 Å². The van der Waals surface area contributed by atoms with Crippen molar-refractivity contribution in [3.05, 3.63) is 36.0 Å². The number of rotatable bonds is 2. The monoisotopic (exact) mass is 245 g/mol. The molecule has 6 heteroatoms. The van der Waals surface area contributed by atoms with Gasteiger partial charge in [-0.05, 0) is 18.2 Å². The van der Waals surface area contributed by atoms with E-state index in [1.54, 1.807) is 36.0 Å². The summed E-state index contributed by atoms with van der Waals surface area (Å²) in [4.78, 5) is 9.04. The maximum Gasteiger partial charge on any atom is 0.258 e. The molecule has 0 fully saturated rings. The van der Waals surface area contributed by atoms with Crippen molar-refractivity contribution in [2.24, 2.45) is 0 Å². The molecule has 0 saturated carbocycles. The fourth-order valence-corrected chi connectivity index (χ4v) is 1.95. The zero-order valence-electron chi connectivity index (χ0n) is 8.57. The van der Waals surface area contributed by atoms with Crippen LogP contribution >= 0.6 is 11.3 Å². The van der Waals surface area contributed by atoms with Crippen LogP contribution in [0.3, 0.4) is 0 Å². The van der Waals surface area contributed by atoms with Gasteiger partial charge in [-0.2, -0.15) is 4.98 Å². The molecule has 1 N–H and O–H groups in total. The third-order valence-corrected chi connectivity index (χ3v) is 2.94. The van der Waals surface area contributed by atoms with E-state index >= 15 is 0 Å². The van der Waals surface area contributed by atoms with Gasteiger partial charge in [-0.3, -0.25) is 4.98 Å². The minimum Gasteiger partial charge on any atom is -0.508 e. The Balaban J connectivity index is 2.01. The number of nitrogens with zero attached hydrogens (tertiary/aromatic N) is 3. The lowest BCUT2D eigenvalue weighted by molar-refractivity contribution is 0.431. The number of aromatic nitrogens is 3. The van der Waals surface area contributed by atoms with E-state index in [0.29, 0.717) is 17.3 Å². The van der Waals surface area contributed by atoms with Crippen LogP contribution in [-0.4, -0.2) is 20.2 Å². The van der Waals surface area contributed by atoms with Gasteiger partial charge in [-0.1, -0.05) is 11.2 Å². The first-order valence-electron chi connectivity index (χ1n) is 4.85. The van der Waals surface area contributed by atoms with E-state index in [1.165, 1.54) is 11.3 Å². The molecule has 1 aromatic carbocycles. The minimum atomic E-state index is 0.167. The molecule has 0 unspecified atom stereocenters. The van der Waals surface area contributed by atoms with Gasteiger partial charge in [0.15, 0.2) is 0 Å². The highest BCUT2D eigenvalue weighted by Gasteiger charge is 2.11. The van der Waals surface area contributed by atoms with Gasteiger partial charge in [0.2, 0.25) is 5.82 Å². The number of hydrogen-bond donors (Lipinski definition) is 1. The van der Waals surface area contributed by atoms with Crippen LogP contribution in [0.15, 0.2) is 40.5 Å². The van der Waals surface area contributed by atoms with Gasteiger partial charge < -0.3 is 9.63 Å². The van der Waals surface area contributed by atoms with Crippen molar-refractivity contribution in [1.29, 1.82) is 0 Å². The first-order chi connectivity index (χ1) is 8.33. The molecule has 0 saturated heterocycles. The fraction of sp³-hybridized carbons (Fsp3) is 0. The van der Waals surface area contributed by atoms with Gasteiger partial charge in [0.25, 0.3) is 5.89 Å². The van der Waals surface area contributed by atoms with Gasteiger partial charge in [-0.25, -0.2) is 0 Å². The molecule has 2 aromatic heterocycles. The Bertz CT molecular complexity index is 634. The molecular weight excluding hydrogens is 238 g/mol. The summed E-state index contributed by atoms with van der Waals surface area (Å²) in [7, 11) is 0. The number of aromatic hydroxyl groups is 1. The third-order valence-electron chi connectivity index (χ3n) is 2.17. The molecule has 17 heavy (non-hydrogen) atoms. The Hall–Kier alpha value is -2.21. The Morgan fingerprint density at radius 1 is 1.29 bits per heavy atom. The van der Waals surface area contributed by atoms with Gasteiger partial charge in [0.05, 0.1) is 10.4 Å². The highest BCUT2D eigenvalue weighted by Crippen LogP contribution is 2.25. The Labute approximate surface area is 100 Å². The Kier molecular flexibility index (Phi) is 2.34. The van der Waals surface area contributed by atoms with Crippen LogP contribution in [0.25, 0.3) is 22.2 Å². The topological polar surface area (TPSA) is 72.0 Å². The average molecular weight is 245 g/mol. The van der Waals surface area contributed by atoms with Crippen molar-refractivity contribution in [2.45, 2.75) is 0 Å². The van der Waals surface area contributed by atoms with Crippen LogP contribution in [0.4, 0.5) is 0 Å². The largest absolute Gasteiger partial charge is 0.508 e. The predicted molar refractivity (Wildman–Crippen MR) is 62.5 cm³/mol. The lowest BCUT2D eigenvalue weighted by atomic mass is 10.2. The maximum atomic E-state index is 9.37. The second-order valence-corrected chi connectivity index (χ2v) is 4.23. The average Bonchev–Trinajstić information content (AvgIpc) is 3.00. The molecule has 0 amide bonds. The Morgan fingerprint density at radius 2 is 2.24 bits per heavy atom. The summed E-state index contributed by atoms with van der Waals surface area (Å²) in [5.74, 6) is 1.05. The van der Waals surface area contributed by atoms with Gasteiger partial charge in [0, 0.05) is 11.8 Å². The molecule has 2 heterocycles. The lowest BCUT2D eigenvalue weighted by Crippen LogP contribution is -1.78. The zero-order chi connectivity index (χ0) is 11.7. The molecule has 3 rings (SSSR count). The number of benzene rings is 1. The van der Waals surface area contributed by atoms with Crippen LogP contribution in [0, 0.1) is 0 Å². The molecule has 3 aromatic rings. The standard InChI is InChI=1S/C11H7N3O2S/c15-8-3-1-2-7(4-8)11-13-10(14-16-11)9-5-12-6-17-9/h1-6,15H. The number of hydrogen-bond acceptors (Lipinski definition) is 6. The van der Waals surface area contributed by atoms with E-state index in [0.717, 1.165) is 4.88 Å². The highest BCUT2D eigenvalue weighted by atomic mass is 32.1. The maximum absolute atomic E-state index is 9.37. The molecule has 0 radical (unpaired) electrons. The van der Waals surface area contributed by atoms with E-state index in [1.807, 2.05) is 0 Å². The van der Waals surface area contributed by atoms with Crippen LogP contribution in [0.1, 0.15) is 0 Å². The van der Waals surface area contributed by atoms with Gasteiger partial charge in [-0.15, -0.1) is 11.3 Å². The van der Waals surface area contributed by atoms with Crippen LogP contribution in [0.5, 0.6) is 5.75 Å². The quantitative estimate of drug-likeness (QED) is 0.751. The van der Waals surface area contributed by atoms with Crippen molar-refractivity contribution < 1.29 is 9.63 Å². The predicted octanol–water partition coefficient (Wildman–Crippen LogP) is 2.57. The smallest absolute Gasteiger partial charge is 0.258 e. The van der Waals surface area contributed by atoms with E-state index in [4.69, 9.17) is 4.52 Å². The fourth-order valence-electron chi connectivity index (χ4n) is 1.41. The van der Waals surface area contributed by atoms with Crippen LogP contribution < -0.4 is 0 Å². The molecule has 84 valence electrons. The molecule has 0 aliphatic heterocycles. The van der Waals surface area contributed by atoms with E-state index < -0.39 is 0 Å². The number of phenolic OH excluding ortho intramolecular Hbond substituents is 1. The summed E-state index contributed by atoms with van der Waals surface area (Å²) in [5.41, 5.74) is 2.40. The first-order valence-corrected chi connectivity index (χ1v) is 5.73. The molecular formula is C11H7N3O2S. The van der Waals surface area contributed by atoms with Crippen molar-refractivity contribution in [1.82, 2.24) is 15.1 Å². The molecule has 0 bridgehead atoms. The summed E-state index contributed by atoms with van der Waals surface area (Å²) in [6, 6.07) is 6.68. The SMILES string of the molecule is Oc1cccc(-c2nc(-c3cncs3)no2)c1. The normalized spacial score (nSPS) is 10.6. The van der Waals surface area contributed by atoms with Gasteiger partial charge >= 0.3 is 0 Å². The van der Waals surface area contributed by atoms with Crippen molar-refractivity contribution in [2.75, 3.05) is 0 Å². The van der Waals surface area contributed by atoms with E-state index in [9.17, 15) is 5.11 Å². The Morgan fingerprint density at radius 3 is 3.00 bits per heavy atom. The summed E-state index contributed by atoms with van der Waals surface area (Å²) < 4.78 is 5.14. The molecule has 0 aliphatic carbocycles. The molecule has 0 atom stereocenters. The first kappa shape index (κ1) is 9.98. The zero-order valence-corrected chi connectivity index (χ0v) is 9.39. The minimum absolute atomic E-state index is 0.167. The molecule has 0 spiro atoms. The van der Waals surface area contributed by atoms with Crippen LogP contribution in [-0.2, 0) is 0 Å². The second kappa shape index (κ2) is 3.99. The summed E-state index contributed by atoms with van der Waals surface area (Å²) in [5, 5.41) is 13.2.